The Balaban J connectivity index is 1.56. The molecule has 0 radical (unpaired) electrons. The molecule has 2 aromatic rings. The van der Waals surface area contributed by atoms with E-state index in [1.54, 1.807) is 46.3 Å². The quantitative estimate of drug-likeness (QED) is 0.736. The summed E-state index contributed by atoms with van der Waals surface area (Å²) >= 11 is 0. The maximum atomic E-state index is 13.1. The number of sulfonamides is 1. The molecule has 0 spiro atoms. The van der Waals surface area contributed by atoms with Gasteiger partial charge in [-0.15, -0.1) is 0 Å². The number of carbonyl (C=O) groups is 1. The van der Waals surface area contributed by atoms with Gasteiger partial charge in [-0.1, -0.05) is 6.92 Å². The van der Waals surface area contributed by atoms with Crippen molar-refractivity contribution in [1.29, 1.82) is 0 Å². The van der Waals surface area contributed by atoms with Crippen molar-refractivity contribution in [1.82, 2.24) is 8.87 Å². The number of piperidine rings is 1. The molecule has 2 unspecified atom stereocenters. The van der Waals surface area contributed by atoms with Gasteiger partial charge < -0.3 is 14.6 Å². The predicted molar refractivity (Wildman–Crippen MR) is 118 cm³/mol. The first-order valence-corrected chi connectivity index (χ1v) is 12.1. The summed E-state index contributed by atoms with van der Waals surface area (Å²) in [5.74, 6) is 0.497. The molecule has 0 aliphatic carbocycles. The van der Waals surface area contributed by atoms with Gasteiger partial charge in [-0.3, -0.25) is 9.59 Å². The van der Waals surface area contributed by atoms with Crippen molar-refractivity contribution in [3.63, 3.8) is 0 Å². The lowest BCUT2D eigenvalue weighted by molar-refractivity contribution is 0.102. The van der Waals surface area contributed by atoms with Gasteiger partial charge in [0.05, 0.1) is 12.9 Å². The number of nitrogens with zero attached hydrogens (tertiary/aromatic N) is 2. The highest BCUT2D eigenvalue weighted by Crippen LogP contribution is 2.36. The zero-order valence-electron chi connectivity index (χ0n) is 17.7. The molecule has 1 aromatic heterocycles. The highest BCUT2D eigenvalue weighted by atomic mass is 32.2. The van der Waals surface area contributed by atoms with Crippen LogP contribution in [-0.2, 0) is 16.6 Å². The average molecular weight is 446 g/mol. The van der Waals surface area contributed by atoms with E-state index in [-0.39, 0.29) is 34.7 Å². The number of ether oxygens (including phenoxy) is 1. The number of aromatic nitrogens is 1. The van der Waals surface area contributed by atoms with Gasteiger partial charge in [-0.05, 0) is 55.2 Å². The number of hydrogen-bond acceptors (Lipinski definition) is 5. The fourth-order valence-electron chi connectivity index (χ4n) is 4.55. The van der Waals surface area contributed by atoms with E-state index in [4.69, 9.17) is 4.74 Å². The molecule has 166 valence electrons. The SMILES string of the molecule is CCCS(=O)(=O)N1CC2CC(C1)c1ccc(NC(=O)c3ccc(OC)cc3)c(=O)n1C2. The van der Waals surface area contributed by atoms with Crippen LogP contribution in [-0.4, -0.2) is 49.1 Å². The van der Waals surface area contributed by atoms with Gasteiger partial charge in [0.15, 0.2) is 0 Å². The van der Waals surface area contributed by atoms with E-state index in [9.17, 15) is 18.0 Å². The van der Waals surface area contributed by atoms with E-state index in [2.05, 4.69) is 5.32 Å². The third-order valence-corrected chi connectivity index (χ3v) is 8.04. The molecule has 2 bridgehead atoms. The first-order valence-electron chi connectivity index (χ1n) is 10.5. The molecule has 1 fully saturated rings. The van der Waals surface area contributed by atoms with Gasteiger partial charge in [-0.2, -0.15) is 0 Å². The van der Waals surface area contributed by atoms with Crippen LogP contribution in [0.4, 0.5) is 5.69 Å². The summed E-state index contributed by atoms with van der Waals surface area (Å²) in [7, 11) is -1.72. The lowest BCUT2D eigenvalue weighted by Gasteiger charge is -2.42. The summed E-state index contributed by atoms with van der Waals surface area (Å²) in [5, 5.41) is 2.71. The van der Waals surface area contributed by atoms with Crippen molar-refractivity contribution in [3.05, 3.63) is 58.0 Å². The molecule has 2 aliphatic heterocycles. The molecular weight excluding hydrogens is 418 g/mol. The molecule has 31 heavy (non-hydrogen) atoms. The molecule has 8 nitrogen and oxygen atoms in total. The molecule has 1 aromatic carbocycles. The Morgan fingerprint density at radius 1 is 1.13 bits per heavy atom. The first kappa shape index (κ1) is 21.6. The zero-order chi connectivity index (χ0) is 22.2. The van der Waals surface area contributed by atoms with Crippen molar-refractivity contribution in [2.75, 3.05) is 31.3 Å². The van der Waals surface area contributed by atoms with Crippen LogP contribution in [0.3, 0.4) is 0 Å². The second kappa shape index (κ2) is 8.47. The molecule has 3 heterocycles. The molecule has 2 aliphatic rings. The highest BCUT2D eigenvalue weighted by Gasteiger charge is 2.38. The third kappa shape index (κ3) is 4.24. The molecule has 4 rings (SSSR count). The number of benzene rings is 1. The number of hydrogen-bond donors (Lipinski definition) is 1. The zero-order valence-corrected chi connectivity index (χ0v) is 18.5. The second-order valence-electron chi connectivity index (χ2n) is 8.20. The fraction of sp³-hybridized carbons (Fsp3) is 0.455. The van der Waals surface area contributed by atoms with E-state index in [1.165, 1.54) is 0 Å². The molecule has 1 amide bonds. The first-order chi connectivity index (χ1) is 14.8. The molecule has 2 atom stereocenters. The number of nitrogens with one attached hydrogen (secondary N) is 1. The molecular formula is C22H27N3O5S. The smallest absolute Gasteiger partial charge is 0.274 e. The standard InChI is InChI=1S/C22H27N3O5S/c1-3-10-31(28,29)24-12-15-11-17(14-24)20-9-8-19(22(27)25(20)13-15)23-21(26)16-4-6-18(30-2)7-5-16/h4-9,15,17H,3,10-14H2,1-2H3,(H,23,26). The Morgan fingerprint density at radius 2 is 1.87 bits per heavy atom. The van der Waals surface area contributed by atoms with Gasteiger partial charge in [0.1, 0.15) is 11.4 Å². The summed E-state index contributed by atoms with van der Waals surface area (Å²) in [4.78, 5) is 25.7. The minimum atomic E-state index is -3.27. The topological polar surface area (TPSA) is 97.7 Å². The Hall–Kier alpha value is -2.65. The van der Waals surface area contributed by atoms with Crippen LogP contribution in [0.25, 0.3) is 0 Å². The van der Waals surface area contributed by atoms with Gasteiger partial charge in [0.2, 0.25) is 10.0 Å². The van der Waals surface area contributed by atoms with Crippen LogP contribution in [0, 0.1) is 5.92 Å². The Bertz CT molecular complexity index is 1140. The minimum Gasteiger partial charge on any atom is -0.497 e. The summed E-state index contributed by atoms with van der Waals surface area (Å²) in [6, 6.07) is 10.1. The Labute approximate surface area is 181 Å². The van der Waals surface area contributed by atoms with Crippen LogP contribution < -0.4 is 15.6 Å². The van der Waals surface area contributed by atoms with Gasteiger partial charge in [0.25, 0.3) is 11.5 Å². The lowest BCUT2D eigenvalue weighted by atomic mass is 9.84. The maximum absolute atomic E-state index is 13.1. The highest BCUT2D eigenvalue weighted by molar-refractivity contribution is 7.89. The van der Waals surface area contributed by atoms with Gasteiger partial charge in [0, 0.05) is 36.8 Å². The number of pyridine rings is 1. The van der Waals surface area contributed by atoms with Crippen LogP contribution in [0.1, 0.15) is 41.7 Å². The number of fused-ring (bicyclic) bond motifs is 4. The normalized spacial score (nSPS) is 20.7. The summed E-state index contributed by atoms with van der Waals surface area (Å²) in [5.41, 5.74) is 1.23. The predicted octanol–water partition coefficient (Wildman–Crippen LogP) is 2.27. The van der Waals surface area contributed by atoms with Crippen molar-refractivity contribution < 1.29 is 17.9 Å². The van der Waals surface area contributed by atoms with Gasteiger partial charge >= 0.3 is 0 Å². The molecule has 1 saturated heterocycles. The van der Waals surface area contributed by atoms with Crippen LogP contribution in [0.15, 0.2) is 41.2 Å². The van der Waals surface area contributed by atoms with E-state index in [0.717, 1.165) is 12.1 Å². The number of carbonyl (C=O) groups excluding carboxylic acids is 1. The summed E-state index contributed by atoms with van der Waals surface area (Å²) in [6.45, 7) is 3.15. The van der Waals surface area contributed by atoms with Crippen molar-refractivity contribution in [3.8, 4) is 5.75 Å². The van der Waals surface area contributed by atoms with Crippen LogP contribution in [0.2, 0.25) is 0 Å². The summed E-state index contributed by atoms with van der Waals surface area (Å²) < 4.78 is 33.5. The Morgan fingerprint density at radius 3 is 2.55 bits per heavy atom. The average Bonchev–Trinajstić information content (AvgIpc) is 2.76. The fourth-order valence-corrected chi connectivity index (χ4v) is 6.17. The van der Waals surface area contributed by atoms with Crippen molar-refractivity contribution >= 4 is 21.6 Å². The number of anilines is 1. The maximum Gasteiger partial charge on any atom is 0.274 e. The van der Waals surface area contributed by atoms with Gasteiger partial charge in [-0.25, -0.2) is 12.7 Å². The van der Waals surface area contributed by atoms with Crippen molar-refractivity contribution in [2.24, 2.45) is 5.92 Å². The summed E-state index contributed by atoms with van der Waals surface area (Å²) in [6.07, 6.45) is 1.45. The lowest BCUT2D eigenvalue weighted by Crippen LogP contribution is -2.49. The number of rotatable bonds is 6. The second-order valence-corrected chi connectivity index (χ2v) is 10.3. The van der Waals surface area contributed by atoms with E-state index < -0.39 is 10.0 Å². The minimum absolute atomic E-state index is 0.0156. The van der Waals surface area contributed by atoms with E-state index >= 15 is 0 Å². The largest absolute Gasteiger partial charge is 0.497 e. The molecule has 0 saturated carbocycles. The number of amides is 1. The van der Waals surface area contributed by atoms with Crippen LogP contribution >= 0.6 is 0 Å². The monoisotopic (exact) mass is 445 g/mol. The third-order valence-electron chi connectivity index (χ3n) is 6.03. The molecule has 1 N–H and O–H groups in total. The van der Waals surface area contributed by atoms with Crippen LogP contribution in [0.5, 0.6) is 5.75 Å². The van der Waals surface area contributed by atoms with Crippen molar-refractivity contribution in [2.45, 2.75) is 32.2 Å². The van der Waals surface area contributed by atoms with E-state index in [1.807, 2.05) is 13.0 Å². The number of methoxy groups -OCH3 is 1. The molecule has 9 heteroatoms. The Kier molecular flexibility index (Phi) is 5.90. The van der Waals surface area contributed by atoms with E-state index in [0.29, 0.717) is 37.4 Å².